The highest BCUT2D eigenvalue weighted by Gasteiger charge is 2.07. The van der Waals surface area contributed by atoms with Crippen molar-refractivity contribution in [2.24, 2.45) is 0 Å². The highest BCUT2D eigenvalue weighted by molar-refractivity contribution is 5.83. The van der Waals surface area contributed by atoms with E-state index in [9.17, 15) is 9.59 Å². The molecule has 0 amide bonds. The summed E-state index contributed by atoms with van der Waals surface area (Å²) in [6, 6.07) is 9.35. The average molecular weight is 274 g/mol. The second kappa shape index (κ2) is 9.08. The van der Waals surface area contributed by atoms with E-state index in [-0.39, 0.29) is 11.8 Å². The van der Waals surface area contributed by atoms with Crippen molar-refractivity contribution < 1.29 is 14.3 Å². The molecule has 1 aromatic carbocycles. The van der Waals surface area contributed by atoms with Crippen LogP contribution in [0.2, 0.25) is 0 Å². The number of allylic oxidation sites excluding steroid dienone is 1. The molecule has 3 heteroatoms. The number of ketones is 1. The molecule has 1 aromatic rings. The van der Waals surface area contributed by atoms with Gasteiger partial charge in [0.15, 0.2) is 0 Å². The van der Waals surface area contributed by atoms with E-state index in [0.29, 0.717) is 18.6 Å². The van der Waals surface area contributed by atoms with Crippen molar-refractivity contribution in [1.82, 2.24) is 0 Å². The van der Waals surface area contributed by atoms with Crippen molar-refractivity contribution in [2.45, 2.75) is 46.0 Å². The van der Waals surface area contributed by atoms with Gasteiger partial charge < -0.3 is 4.74 Å². The predicted octanol–water partition coefficient (Wildman–Crippen LogP) is 4.13. The van der Waals surface area contributed by atoms with Gasteiger partial charge in [-0.1, -0.05) is 50.1 Å². The Morgan fingerprint density at radius 1 is 1.15 bits per heavy atom. The van der Waals surface area contributed by atoms with E-state index in [1.165, 1.54) is 6.92 Å². The topological polar surface area (TPSA) is 43.4 Å². The summed E-state index contributed by atoms with van der Waals surface area (Å²) < 4.78 is 5.18. The van der Waals surface area contributed by atoms with Crippen LogP contribution in [0.1, 0.15) is 51.5 Å². The van der Waals surface area contributed by atoms with Gasteiger partial charge in [-0.05, 0) is 12.5 Å². The monoisotopic (exact) mass is 274 g/mol. The van der Waals surface area contributed by atoms with Gasteiger partial charge in [-0.15, -0.1) is 0 Å². The van der Waals surface area contributed by atoms with Crippen LogP contribution in [0.25, 0.3) is 5.76 Å². The van der Waals surface area contributed by atoms with Crippen LogP contribution in [-0.4, -0.2) is 11.8 Å². The maximum absolute atomic E-state index is 11.8. The van der Waals surface area contributed by atoms with E-state index in [4.69, 9.17) is 4.74 Å². The minimum Gasteiger partial charge on any atom is -0.426 e. The number of carbonyl (C=O) groups is 2. The summed E-state index contributed by atoms with van der Waals surface area (Å²) in [4.78, 5) is 22.9. The number of carbonyl (C=O) groups excluding carboxylic acids is 2. The molecule has 0 aliphatic rings. The molecule has 0 saturated carbocycles. The molecule has 3 nitrogen and oxygen atoms in total. The standard InChI is InChI=1S/C17H22O3/c1-3-4-6-11-16(19)12-13-17(20-14(2)18)15-9-7-5-8-10-15/h5,7-10,13H,3-4,6,11-12H2,1-2H3/b17-13-. The van der Waals surface area contributed by atoms with Gasteiger partial charge in [0.05, 0.1) is 0 Å². The quantitative estimate of drug-likeness (QED) is 0.406. The van der Waals surface area contributed by atoms with Gasteiger partial charge in [-0.2, -0.15) is 0 Å². The highest BCUT2D eigenvalue weighted by Crippen LogP contribution is 2.17. The summed E-state index contributed by atoms with van der Waals surface area (Å²) >= 11 is 0. The number of ether oxygens (including phenoxy) is 1. The van der Waals surface area contributed by atoms with Crippen LogP contribution in [0.4, 0.5) is 0 Å². The second-order valence-electron chi connectivity index (χ2n) is 4.73. The molecule has 0 heterocycles. The van der Waals surface area contributed by atoms with E-state index >= 15 is 0 Å². The maximum Gasteiger partial charge on any atom is 0.308 e. The zero-order chi connectivity index (χ0) is 14.8. The summed E-state index contributed by atoms with van der Waals surface area (Å²) in [6.07, 6.45) is 5.70. The third-order valence-corrected chi connectivity index (χ3v) is 2.89. The van der Waals surface area contributed by atoms with Crippen molar-refractivity contribution in [2.75, 3.05) is 0 Å². The molecule has 0 saturated heterocycles. The molecule has 0 spiro atoms. The van der Waals surface area contributed by atoms with Crippen LogP contribution in [-0.2, 0) is 14.3 Å². The molecule has 0 atom stereocenters. The fourth-order valence-corrected chi connectivity index (χ4v) is 1.86. The van der Waals surface area contributed by atoms with Crippen LogP contribution >= 0.6 is 0 Å². The Morgan fingerprint density at radius 3 is 2.45 bits per heavy atom. The Kier molecular flexibility index (Phi) is 7.33. The number of Topliss-reactive ketones (excluding diaryl/α,β-unsaturated/α-hetero) is 1. The number of benzene rings is 1. The Bertz CT molecular complexity index is 460. The molecule has 0 N–H and O–H groups in total. The number of rotatable bonds is 8. The third kappa shape index (κ3) is 6.32. The molecule has 0 radical (unpaired) electrons. The van der Waals surface area contributed by atoms with Gasteiger partial charge in [-0.3, -0.25) is 9.59 Å². The third-order valence-electron chi connectivity index (χ3n) is 2.89. The fourth-order valence-electron chi connectivity index (χ4n) is 1.86. The molecule has 20 heavy (non-hydrogen) atoms. The van der Waals surface area contributed by atoms with Crippen molar-refractivity contribution >= 4 is 17.5 Å². The van der Waals surface area contributed by atoms with E-state index < -0.39 is 0 Å². The second-order valence-corrected chi connectivity index (χ2v) is 4.73. The molecule has 1 rings (SSSR count). The van der Waals surface area contributed by atoms with E-state index in [0.717, 1.165) is 24.8 Å². The van der Waals surface area contributed by atoms with E-state index in [2.05, 4.69) is 6.92 Å². The van der Waals surface area contributed by atoms with E-state index in [1.54, 1.807) is 6.08 Å². The van der Waals surface area contributed by atoms with Gasteiger partial charge in [-0.25, -0.2) is 0 Å². The molecular weight excluding hydrogens is 252 g/mol. The first-order chi connectivity index (χ1) is 9.63. The largest absolute Gasteiger partial charge is 0.426 e. The van der Waals surface area contributed by atoms with Crippen molar-refractivity contribution in [3.05, 3.63) is 42.0 Å². The molecule has 0 fully saturated rings. The first-order valence-electron chi connectivity index (χ1n) is 7.09. The summed E-state index contributed by atoms with van der Waals surface area (Å²) in [7, 11) is 0. The Morgan fingerprint density at radius 2 is 1.85 bits per heavy atom. The summed E-state index contributed by atoms with van der Waals surface area (Å²) in [5, 5.41) is 0. The first-order valence-corrected chi connectivity index (χ1v) is 7.09. The van der Waals surface area contributed by atoms with Crippen LogP contribution in [0.5, 0.6) is 0 Å². The van der Waals surface area contributed by atoms with Crippen molar-refractivity contribution in [1.29, 1.82) is 0 Å². The lowest BCUT2D eigenvalue weighted by Gasteiger charge is -2.07. The lowest BCUT2D eigenvalue weighted by atomic mass is 10.1. The maximum atomic E-state index is 11.8. The SMILES string of the molecule is CCCCCC(=O)C/C=C(\OC(C)=O)c1ccccc1. The molecule has 0 aromatic heterocycles. The molecule has 0 bridgehead atoms. The number of hydrogen-bond donors (Lipinski definition) is 0. The molecule has 108 valence electrons. The Balaban J connectivity index is 2.66. The number of hydrogen-bond acceptors (Lipinski definition) is 3. The first kappa shape index (κ1) is 16.2. The van der Waals surface area contributed by atoms with Crippen molar-refractivity contribution in [3.63, 3.8) is 0 Å². The fraction of sp³-hybridized carbons (Fsp3) is 0.412. The van der Waals surface area contributed by atoms with Gasteiger partial charge >= 0.3 is 5.97 Å². The zero-order valence-electron chi connectivity index (χ0n) is 12.2. The normalized spacial score (nSPS) is 11.2. The summed E-state index contributed by atoms with van der Waals surface area (Å²) in [6.45, 7) is 3.47. The number of unbranched alkanes of at least 4 members (excludes halogenated alkanes) is 2. The van der Waals surface area contributed by atoms with Gasteiger partial charge in [0, 0.05) is 25.3 Å². The minimum absolute atomic E-state index is 0.180. The van der Waals surface area contributed by atoms with Crippen LogP contribution in [0.3, 0.4) is 0 Å². The average Bonchev–Trinajstić information content (AvgIpc) is 2.44. The van der Waals surface area contributed by atoms with Gasteiger partial charge in [0.1, 0.15) is 11.5 Å². The van der Waals surface area contributed by atoms with E-state index in [1.807, 2.05) is 30.3 Å². The summed E-state index contributed by atoms with van der Waals surface area (Å²) in [5.41, 5.74) is 0.809. The minimum atomic E-state index is -0.376. The predicted molar refractivity (Wildman–Crippen MR) is 80.0 cm³/mol. The van der Waals surface area contributed by atoms with Gasteiger partial charge in [0.2, 0.25) is 0 Å². The molecule has 0 unspecified atom stereocenters. The lowest BCUT2D eigenvalue weighted by Crippen LogP contribution is -2.01. The Labute approximate surface area is 120 Å². The summed E-state index contributed by atoms with van der Waals surface area (Å²) in [5.74, 6) is 0.263. The Hall–Kier alpha value is -1.90. The molecular formula is C17H22O3. The lowest BCUT2D eigenvalue weighted by molar-refractivity contribution is -0.134. The van der Waals surface area contributed by atoms with Crippen LogP contribution < -0.4 is 0 Å². The molecule has 0 aliphatic carbocycles. The molecule has 0 aliphatic heterocycles. The highest BCUT2D eigenvalue weighted by atomic mass is 16.5. The number of esters is 1. The van der Waals surface area contributed by atoms with Gasteiger partial charge in [0.25, 0.3) is 0 Å². The zero-order valence-corrected chi connectivity index (χ0v) is 12.2. The van der Waals surface area contributed by atoms with Crippen LogP contribution in [0.15, 0.2) is 36.4 Å². The van der Waals surface area contributed by atoms with Crippen LogP contribution in [0, 0.1) is 0 Å². The smallest absolute Gasteiger partial charge is 0.308 e. The van der Waals surface area contributed by atoms with Crippen molar-refractivity contribution in [3.8, 4) is 0 Å².